The molecule has 0 aliphatic heterocycles. The highest BCUT2D eigenvalue weighted by atomic mass is 79.9. The van der Waals surface area contributed by atoms with E-state index in [1.165, 1.54) is 0 Å². The molecule has 3 heteroatoms. The quantitative estimate of drug-likeness (QED) is 0.673. The second-order valence-corrected chi connectivity index (χ2v) is 3.42. The van der Waals surface area contributed by atoms with E-state index in [-0.39, 0.29) is 0 Å². The maximum atomic E-state index is 8.64. The van der Waals surface area contributed by atoms with E-state index in [1.54, 1.807) is 6.07 Å². The van der Waals surface area contributed by atoms with Gasteiger partial charge in [0.1, 0.15) is 11.8 Å². The summed E-state index contributed by atoms with van der Waals surface area (Å²) in [5.74, 6) is 0. The molecule has 0 amide bonds. The first-order valence-electron chi connectivity index (χ1n) is 3.57. The highest BCUT2D eigenvalue weighted by Crippen LogP contribution is 2.26. The number of pyridine rings is 1. The smallest absolute Gasteiger partial charge is 0.141 e. The lowest BCUT2D eigenvalue weighted by atomic mass is 10.2. The van der Waals surface area contributed by atoms with E-state index in [2.05, 4.69) is 20.9 Å². The van der Waals surface area contributed by atoms with Crippen LogP contribution >= 0.6 is 15.9 Å². The fourth-order valence-corrected chi connectivity index (χ4v) is 1.83. The Kier molecular flexibility index (Phi) is 1.70. The lowest BCUT2D eigenvalue weighted by Gasteiger charge is -2.00. The lowest BCUT2D eigenvalue weighted by Crippen LogP contribution is -1.92. The first kappa shape index (κ1) is 7.51. The number of rotatable bonds is 0. The number of nitrogens with zero attached hydrogens (tertiary/aromatic N) is 2. The zero-order chi connectivity index (χ0) is 8.55. The largest absolute Gasteiger partial charge is 0.241 e. The molecule has 12 heavy (non-hydrogen) atoms. The van der Waals surface area contributed by atoms with Crippen LogP contribution in [0.2, 0.25) is 0 Å². The molecule has 1 heterocycles. The van der Waals surface area contributed by atoms with Gasteiger partial charge >= 0.3 is 0 Å². The van der Waals surface area contributed by atoms with Crippen molar-refractivity contribution in [1.29, 1.82) is 5.26 Å². The minimum Gasteiger partial charge on any atom is -0.241 e. The third-order valence-corrected chi connectivity index (χ3v) is 2.45. The van der Waals surface area contributed by atoms with Crippen molar-refractivity contribution in [2.45, 2.75) is 6.42 Å². The summed E-state index contributed by atoms with van der Waals surface area (Å²) in [4.78, 5) is 4.18. The van der Waals surface area contributed by atoms with Crippen LogP contribution in [0.15, 0.2) is 16.6 Å². The van der Waals surface area contributed by atoms with Crippen LogP contribution in [0.1, 0.15) is 17.0 Å². The Morgan fingerprint density at radius 1 is 1.58 bits per heavy atom. The Hall–Kier alpha value is -1.14. The second kappa shape index (κ2) is 2.72. The normalized spacial score (nSPS) is 12.7. The van der Waals surface area contributed by atoms with Crippen molar-refractivity contribution in [3.63, 3.8) is 0 Å². The number of allylic oxidation sites excluding steroid dienone is 1. The highest BCUT2D eigenvalue weighted by Gasteiger charge is 2.11. The number of nitriles is 1. The zero-order valence-corrected chi connectivity index (χ0v) is 7.80. The van der Waals surface area contributed by atoms with Gasteiger partial charge in [0, 0.05) is 16.5 Å². The summed E-state index contributed by atoms with van der Waals surface area (Å²) in [6, 6.07) is 3.77. The maximum absolute atomic E-state index is 8.64. The number of hydrogen-bond donors (Lipinski definition) is 0. The van der Waals surface area contributed by atoms with Crippen LogP contribution in [0, 0.1) is 11.3 Å². The van der Waals surface area contributed by atoms with E-state index < -0.39 is 0 Å². The van der Waals surface area contributed by atoms with Gasteiger partial charge in [-0.15, -0.1) is 0 Å². The van der Waals surface area contributed by atoms with Crippen molar-refractivity contribution in [3.8, 4) is 6.07 Å². The third-order valence-electron chi connectivity index (χ3n) is 1.80. The molecule has 0 aromatic carbocycles. The summed E-state index contributed by atoms with van der Waals surface area (Å²) in [5, 5.41) is 8.64. The Balaban J connectivity index is 2.65. The van der Waals surface area contributed by atoms with Crippen LogP contribution in [0.25, 0.3) is 6.08 Å². The molecule has 0 fully saturated rings. The first-order valence-corrected chi connectivity index (χ1v) is 4.36. The molecule has 2 rings (SSSR count). The molecule has 0 radical (unpaired) electrons. The minimum absolute atomic E-state index is 0.476. The number of fused-ring (bicyclic) bond motifs is 1. The minimum atomic E-state index is 0.476. The van der Waals surface area contributed by atoms with E-state index in [0.717, 1.165) is 22.2 Å². The number of halogens is 1. The van der Waals surface area contributed by atoms with Crippen molar-refractivity contribution in [3.05, 3.63) is 33.6 Å². The van der Waals surface area contributed by atoms with Crippen molar-refractivity contribution in [2.24, 2.45) is 0 Å². The highest BCUT2D eigenvalue weighted by molar-refractivity contribution is 9.10. The Morgan fingerprint density at radius 3 is 3.17 bits per heavy atom. The summed E-state index contributed by atoms with van der Waals surface area (Å²) < 4.78 is 0.956. The van der Waals surface area contributed by atoms with Gasteiger partial charge in [0.15, 0.2) is 0 Å². The summed E-state index contributed by atoms with van der Waals surface area (Å²) in [6.07, 6.45) is 4.90. The van der Waals surface area contributed by atoms with Gasteiger partial charge in [-0.1, -0.05) is 28.1 Å². The van der Waals surface area contributed by atoms with Crippen molar-refractivity contribution >= 4 is 22.0 Å². The Labute approximate surface area is 78.7 Å². The molecular formula is C9H5BrN2. The molecule has 1 aliphatic carbocycles. The maximum Gasteiger partial charge on any atom is 0.141 e. The van der Waals surface area contributed by atoms with Crippen LogP contribution in [-0.2, 0) is 6.42 Å². The molecule has 0 N–H and O–H groups in total. The molecule has 1 aromatic rings. The number of aromatic nitrogens is 1. The van der Waals surface area contributed by atoms with Crippen LogP contribution in [0.4, 0.5) is 0 Å². The van der Waals surface area contributed by atoms with Gasteiger partial charge in [0.2, 0.25) is 0 Å². The van der Waals surface area contributed by atoms with Crippen molar-refractivity contribution < 1.29 is 0 Å². The van der Waals surface area contributed by atoms with Crippen LogP contribution in [-0.4, -0.2) is 4.98 Å². The number of hydrogen-bond acceptors (Lipinski definition) is 2. The van der Waals surface area contributed by atoms with Gasteiger partial charge in [0.05, 0.1) is 5.69 Å². The molecule has 2 nitrogen and oxygen atoms in total. The molecule has 0 saturated heterocycles. The first-order chi connectivity index (χ1) is 5.81. The molecular weight excluding hydrogens is 216 g/mol. The van der Waals surface area contributed by atoms with E-state index in [4.69, 9.17) is 5.26 Å². The summed E-state index contributed by atoms with van der Waals surface area (Å²) >= 11 is 3.40. The average Bonchev–Trinajstić information content (AvgIpc) is 2.52. The van der Waals surface area contributed by atoms with Crippen molar-refractivity contribution in [2.75, 3.05) is 0 Å². The van der Waals surface area contributed by atoms with E-state index >= 15 is 0 Å². The molecule has 1 aliphatic rings. The fourth-order valence-electron chi connectivity index (χ4n) is 1.25. The molecule has 0 saturated carbocycles. The standard InChI is InChI=1S/C9H5BrN2/c10-8-4-6(5-11)12-9-3-1-2-7(8)9/h1-2,4H,3H2. The fraction of sp³-hybridized carbons (Fsp3) is 0.111. The molecule has 58 valence electrons. The van der Waals surface area contributed by atoms with Gasteiger partial charge in [0.25, 0.3) is 0 Å². The van der Waals surface area contributed by atoms with Gasteiger partial charge in [-0.2, -0.15) is 5.26 Å². The molecule has 0 atom stereocenters. The lowest BCUT2D eigenvalue weighted by molar-refractivity contribution is 1.10. The molecule has 0 bridgehead atoms. The van der Waals surface area contributed by atoms with Crippen LogP contribution in [0.3, 0.4) is 0 Å². The van der Waals surface area contributed by atoms with E-state index in [0.29, 0.717) is 5.69 Å². The summed E-state index contributed by atoms with van der Waals surface area (Å²) in [7, 11) is 0. The summed E-state index contributed by atoms with van der Waals surface area (Å²) in [5.41, 5.74) is 2.57. The topological polar surface area (TPSA) is 36.7 Å². The SMILES string of the molecule is N#Cc1cc(Br)c2c(n1)CC=C2. The Bertz CT molecular complexity index is 402. The predicted molar refractivity (Wildman–Crippen MR) is 49.4 cm³/mol. The average molecular weight is 221 g/mol. The van der Waals surface area contributed by atoms with Gasteiger partial charge in [-0.05, 0) is 6.07 Å². The zero-order valence-electron chi connectivity index (χ0n) is 6.21. The van der Waals surface area contributed by atoms with E-state index in [1.807, 2.05) is 18.2 Å². The third kappa shape index (κ3) is 1.05. The van der Waals surface area contributed by atoms with Gasteiger partial charge in [-0.25, -0.2) is 4.98 Å². The Morgan fingerprint density at radius 2 is 2.42 bits per heavy atom. The van der Waals surface area contributed by atoms with Gasteiger partial charge < -0.3 is 0 Å². The monoisotopic (exact) mass is 220 g/mol. The van der Waals surface area contributed by atoms with Crippen LogP contribution in [0.5, 0.6) is 0 Å². The second-order valence-electron chi connectivity index (χ2n) is 2.57. The predicted octanol–water partition coefficient (Wildman–Crippen LogP) is 2.29. The van der Waals surface area contributed by atoms with Crippen LogP contribution < -0.4 is 0 Å². The van der Waals surface area contributed by atoms with Gasteiger partial charge in [-0.3, -0.25) is 0 Å². The molecule has 1 aromatic heterocycles. The molecule has 0 unspecified atom stereocenters. The summed E-state index contributed by atoms with van der Waals surface area (Å²) in [6.45, 7) is 0. The molecule has 0 spiro atoms. The van der Waals surface area contributed by atoms with Crippen molar-refractivity contribution in [1.82, 2.24) is 4.98 Å². The van der Waals surface area contributed by atoms with E-state index in [9.17, 15) is 0 Å².